The minimum absolute atomic E-state index is 0.485. The maximum Gasteiger partial charge on any atom is 0.188 e. The van der Waals surface area contributed by atoms with E-state index in [1.807, 2.05) is 6.92 Å². The van der Waals surface area contributed by atoms with E-state index in [1.165, 1.54) is 5.69 Å². The highest BCUT2D eigenvalue weighted by molar-refractivity contribution is 5.77. The van der Waals surface area contributed by atoms with Crippen molar-refractivity contribution in [2.45, 2.75) is 19.9 Å². The fraction of sp³-hybridized carbons (Fsp3) is 0.588. The van der Waals surface area contributed by atoms with Crippen LogP contribution in [0, 0.1) is 0 Å². The van der Waals surface area contributed by atoms with Gasteiger partial charge in [-0.25, -0.2) is 4.99 Å². The van der Waals surface area contributed by atoms with Crippen LogP contribution in [0.2, 0.25) is 0 Å². The average molecular weight is 320 g/mol. The molecule has 0 saturated carbocycles. The highest BCUT2D eigenvalue weighted by atomic mass is 16.5. The van der Waals surface area contributed by atoms with Gasteiger partial charge in [0.1, 0.15) is 0 Å². The second-order valence-corrected chi connectivity index (χ2v) is 5.44. The van der Waals surface area contributed by atoms with Crippen LogP contribution in [0.1, 0.15) is 18.9 Å². The molecule has 1 aliphatic heterocycles. The van der Waals surface area contributed by atoms with Crippen molar-refractivity contribution in [1.82, 2.24) is 5.32 Å². The Morgan fingerprint density at radius 2 is 2.04 bits per heavy atom. The third kappa shape index (κ3) is 6.46. The summed E-state index contributed by atoms with van der Waals surface area (Å²) in [6, 6.07) is 8.50. The quantitative estimate of drug-likeness (QED) is 0.430. The second kappa shape index (κ2) is 10.1. The van der Waals surface area contributed by atoms with Gasteiger partial charge in [0.25, 0.3) is 0 Å². The molecule has 0 aliphatic carbocycles. The number of ether oxygens (including phenoxy) is 2. The summed E-state index contributed by atoms with van der Waals surface area (Å²) in [5.41, 5.74) is 8.25. The highest BCUT2D eigenvalue weighted by Crippen LogP contribution is 2.16. The Labute approximate surface area is 138 Å². The Bertz CT molecular complexity index is 470. The van der Waals surface area contributed by atoms with Crippen molar-refractivity contribution >= 4 is 11.6 Å². The van der Waals surface area contributed by atoms with E-state index in [4.69, 9.17) is 15.2 Å². The van der Waals surface area contributed by atoms with Crippen LogP contribution in [0.4, 0.5) is 5.69 Å². The van der Waals surface area contributed by atoms with Gasteiger partial charge in [0.15, 0.2) is 5.96 Å². The molecule has 6 nitrogen and oxygen atoms in total. The molecule has 0 atom stereocenters. The van der Waals surface area contributed by atoms with Crippen molar-refractivity contribution in [2.24, 2.45) is 10.7 Å². The van der Waals surface area contributed by atoms with E-state index in [0.29, 0.717) is 12.5 Å². The van der Waals surface area contributed by atoms with Gasteiger partial charge < -0.3 is 25.4 Å². The van der Waals surface area contributed by atoms with Crippen LogP contribution >= 0.6 is 0 Å². The maximum absolute atomic E-state index is 5.86. The van der Waals surface area contributed by atoms with Gasteiger partial charge in [-0.05, 0) is 31.0 Å². The minimum Gasteiger partial charge on any atom is -0.382 e. The lowest BCUT2D eigenvalue weighted by molar-refractivity contribution is 0.122. The summed E-state index contributed by atoms with van der Waals surface area (Å²) < 4.78 is 10.6. The zero-order valence-electron chi connectivity index (χ0n) is 14.0. The lowest BCUT2D eigenvalue weighted by atomic mass is 10.2. The number of aliphatic imine (C=N–C) groups is 1. The van der Waals surface area contributed by atoms with Crippen molar-refractivity contribution in [3.05, 3.63) is 29.8 Å². The van der Waals surface area contributed by atoms with Gasteiger partial charge >= 0.3 is 0 Å². The molecule has 0 amide bonds. The number of guanidine groups is 1. The van der Waals surface area contributed by atoms with Crippen LogP contribution in [-0.4, -0.2) is 52.0 Å². The predicted molar refractivity (Wildman–Crippen MR) is 93.9 cm³/mol. The van der Waals surface area contributed by atoms with Gasteiger partial charge in [0.05, 0.1) is 19.8 Å². The van der Waals surface area contributed by atoms with Crippen LogP contribution in [0.3, 0.4) is 0 Å². The van der Waals surface area contributed by atoms with Gasteiger partial charge in [0, 0.05) is 38.5 Å². The SMILES string of the molecule is CCOCCCNC(N)=NCc1ccc(N2CCOCC2)cc1. The molecule has 1 aromatic rings. The maximum atomic E-state index is 5.86. The Hall–Kier alpha value is -1.79. The Morgan fingerprint density at radius 1 is 1.30 bits per heavy atom. The molecule has 0 unspecified atom stereocenters. The molecule has 1 saturated heterocycles. The van der Waals surface area contributed by atoms with Gasteiger partial charge in [-0.3, -0.25) is 0 Å². The summed E-state index contributed by atoms with van der Waals surface area (Å²) >= 11 is 0. The molecule has 23 heavy (non-hydrogen) atoms. The van der Waals surface area contributed by atoms with E-state index < -0.39 is 0 Å². The zero-order valence-corrected chi connectivity index (χ0v) is 14.0. The number of nitrogens with two attached hydrogens (primary N) is 1. The number of hydrogen-bond acceptors (Lipinski definition) is 4. The Kier molecular flexibility index (Phi) is 7.69. The minimum atomic E-state index is 0.485. The predicted octanol–water partition coefficient (Wildman–Crippen LogP) is 1.35. The Balaban J connectivity index is 1.73. The average Bonchev–Trinajstić information content (AvgIpc) is 2.61. The van der Waals surface area contributed by atoms with Gasteiger partial charge in [0.2, 0.25) is 0 Å². The first-order valence-electron chi connectivity index (χ1n) is 8.32. The van der Waals surface area contributed by atoms with E-state index in [1.54, 1.807) is 0 Å². The first-order chi connectivity index (χ1) is 11.3. The fourth-order valence-corrected chi connectivity index (χ4v) is 2.40. The molecule has 3 N–H and O–H groups in total. The standard InChI is InChI=1S/C17H28N4O2/c1-2-22-11-3-8-19-17(18)20-14-15-4-6-16(7-5-15)21-9-12-23-13-10-21/h4-7H,2-3,8-14H2,1H3,(H3,18,19,20). The molecule has 1 heterocycles. The highest BCUT2D eigenvalue weighted by Gasteiger charge is 2.10. The molecule has 0 bridgehead atoms. The van der Waals surface area contributed by atoms with E-state index in [9.17, 15) is 0 Å². The van der Waals surface area contributed by atoms with Crippen LogP contribution in [0.15, 0.2) is 29.3 Å². The van der Waals surface area contributed by atoms with Crippen molar-refractivity contribution < 1.29 is 9.47 Å². The molecule has 128 valence electrons. The zero-order chi connectivity index (χ0) is 16.3. The number of hydrogen-bond donors (Lipinski definition) is 2. The van der Waals surface area contributed by atoms with Crippen molar-refractivity contribution in [2.75, 3.05) is 51.0 Å². The van der Waals surface area contributed by atoms with Gasteiger partial charge in [-0.1, -0.05) is 12.1 Å². The molecule has 1 aliphatic rings. The van der Waals surface area contributed by atoms with E-state index in [-0.39, 0.29) is 0 Å². The summed E-state index contributed by atoms with van der Waals surface area (Å²) in [5.74, 6) is 0.485. The largest absolute Gasteiger partial charge is 0.382 e. The van der Waals surface area contributed by atoms with Crippen LogP contribution in [-0.2, 0) is 16.0 Å². The lowest BCUT2D eigenvalue weighted by Crippen LogP contribution is -2.36. The molecule has 0 radical (unpaired) electrons. The van der Waals surface area contributed by atoms with E-state index >= 15 is 0 Å². The topological polar surface area (TPSA) is 72.1 Å². The van der Waals surface area contributed by atoms with E-state index in [0.717, 1.165) is 58.0 Å². The van der Waals surface area contributed by atoms with Crippen molar-refractivity contribution in [3.63, 3.8) is 0 Å². The summed E-state index contributed by atoms with van der Waals surface area (Å²) in [6.07, 6.45) is 0.929. The molecule has 6 heteroatoms. The third-order valence-electron chi connectivity index (χ3n) is 3.72. The molecule has 0 spiro atoms. The summed E-state index contributed by atoms with van der Waals surface area (Å²) in [4.78, 5) is 6.70. The normalized spacial score (nSPS) is 15.7. The van der Waals surface area contributed by atoms with E-state index in [2.05, 4.69) is 39.5 Å². The Morgan fingerprint density at radius 3 is 2.74 bits per heavy atom. The van der Waals surface area contributed by atoms with Gasteiger partial charge in [-0.15, -0.1) is 0 Å². The third-order valence-corrected chi connectivity index (χ3v) is 3.72. The monoisotopic (exact) mass is 320 g/mol. The fourth-order valence-electron chi connectivity index (χ4n) is 2.40. The number of nitrogens with zero attached hydrogens (tertiary/aromatic N) is 2. The first kappa shape index (κ1) is 17.6. The van der Waals surface area contributed by atoms with Crippen molar-refractivity contribution in [1.29, 1.82) is 0 Å². The first-order valence-corrected chi connectivity index (χ1v) is 8.32. The summed E-state index contributed by atoms with van der Waals surface area (Å²) in [5, 5.41) is 3.10. The smallest absolute Gasteiger partial charge is 0.188 e. The second-order valence-electron chi connectivity index (χ2n) is 5.44. The van der Waals surface area contributed by atoms with Crippen LogP contribution in [0.25, 0.3) is 0 Å². The summed E-state index contributed by atoms with van der Waals surface area (Å²) in [7, 11) is 0. The number of nitrogens with one attached hydrogen (secondary N) is 1. The molecular formula is C17H28N4O2. The number of rotatable bonds is 8. The lowest BCUT2D eigenvalue weighted by Gasteiger charge is -2.28. The molecule has 1 fully saturated rings. The summed E-state index contributed by atoms with van der Waals surface area (Å²) in [6.45, 7) is 8.39. The van der Waals surface area contributed by atoms with Crippen LogP contribution < -0.4 is 16.0 Å². The molecular weight excluding hydrogens is 292 g/mol. The molecule has 1 aromatic carbocycles. The molecule has 0 aromatic heterocycles. The molecule has 2 rings (SSSR count). The van der Waals surface area contributed by atoms with Gasteiger partial charge in [-0.2, -0.15) is 0 Å². The van der Waals surface area contributed by atoms with Crippen LogP contribution in [0.5, 0.6) is 0 Å². The van der Waals surface area contributed by atoms with Crippen molar-refractivity contribution in [3.8, 4) is 0 Å². The number of anilines is 1. The number of benzene rings is 1. The number of morpholine rings is 1.